The number of thioether (sulfide) groups is 1. The van der Waals surface area contributed by atoms with Crippen LogP contribution >= 0.6 is 23.1 Å². The third-order valence-electron chi connectivity index (χ3n) is 2.90. The van der Waals surface area contributed by atoms with Crippen LogP contribution in [0.25, 0.3) is 0 Å². The second-order valence-electron chi connectivity index (χ2n) is 4.40. The summed E-state index contributed by atoms with van der Waals surface area (Å²) in [5.41, 5.74) is 0. The first-order chi connectivity index (χ1) is 7.75. The highest BCUT2D eigenvalue weighted by Crippen LogP contribution is 2.24. The van der Waals surface area contributed by atoms with E-state index in [1.54, 1.807) is 11.3 Å². The van der Waals surface area contributed by atoms with Crippen molar-refractivity contribution in [2.75, 3.05) is 11.5 Å². The first-order valence-electron chi connectivity index (χ1n) is 5.81. The molecule has 0 aliphatic carbocycles. The quantitative estimate of drug-likeness (QED) is 0.850. The Labute approximate surface area is 105 Å². The maximum absolute atomic E-state index is 10.0. The molecule has 1 saturated heterocycles. The number of aliphatic hydroxyl groups is 1. The summed E-state index contributed by atoms with van der Waals surface area (Å²) in [6.45, 7) is 2.17. The van der Waals surface area contributed by atoms with E-state index in [4.69, 9.17) is 0 Å². The first-order valence-corrected chi connectivity index (χ1v) is 7.84. The van der Waals surface area contributed by atoms with E-state index < -0.39 is 0 Å². The van der Waals surface area contributed by atoms with Crippen molar-refractivity contribution in [2.45, 2.75) is 38.0 Å². The molecular weight excluding hydrogens is 238 g/mol. The van der Waals surface area contributed by atoms with E-state index in [1.807, 2.05) is 29.3 Å². The molecule has 2 rings (SSSR count). The molecule has 1 aromatic heterocycles. The third kappa shape index (κ3) is 3.48. The molecule has 2 heterocycles. The minimum absolute atomic E-state index is 0.309. The highest BCUT2D eigenvalue weighted by molar-refractivity contribution is 7.99. The van der Waals surface area contributed by atoms with Gasteiger partial charge in [0.25, 0.3) is 0 Å². The van der Waals surface area contributed by atoms with Gasteiger partial charge < -0.3 is 10.4 Å². The maximum atomic E-state index is 10.0. The van der Waals surface area contributed by atoms with Gasteiger partial charge in [0.15, 0.2) is 0 Å². The van der Waals surface area contributed by atoms with Gasteiger partial charge in [0.2, 0.25) is 0 Å². The molecule has 3 unspecified atom stereocenters. The summed E-state index contributed by atoms with van der Waals surface area (Å²) in [7, 11) is 0. The summed E-state index contributed by atoms with van der Waals surface area (Å²) in [5, 5.41) is 15.6. The largest absolute Gasteiger partial charge is 0.388 e. The lowest BCUT2D eigenvalue weighted by Gasteiger charge is -2.20. The Morgan fingerprint density at radius 1 is 1.62 bits per heavy atom. The van der Waals surface area contributed by atoms with Crippen molar-refractivity contribution in [3.8, 4) is 0 Å². The molecule has 0 spiro atoms. The average molecular weight is 257 g/mol. The zero-order valence-electron chi connectivity index (χ0n) is 9.56. The number of thiophene rings is 1. The van der Waals surface area contributed by atoms with Crippen molar-refractivity contribution in [1.29, 1.82) is 0 Å². The van der Waals surface area contributed by atoms with Crippen LogP contribution in [0.2, 0.25) is 0 Å². The smallest absolute Gasteiger partial charge is 0.0896 e. The van der Waals surface area contributed by atoms with Crippen molar-refractivity contribution in [3.63, 3.8) is 0 Å². The van der Waals surface area contributed by atoms with Gasteiger partial charge in [-0.2, -0.15) is 11.8 Å². The van der Waals surface area contributed by atoms with Crippen molar-refractivity contribution >= 4 is 23.1 Å². The zero-order chi connectivity index (χ0) is 11.4. The minimum atomic E-state index is -0.309. The second kappa shape index (κ2) is 6.05. The van der Waals surface area contributed by atoms with E-state index in [0.717, 1.165) is 11.3 Å². The van der Waals surface area contributed by atoms with Gasteiger partial charge in [0.05, 0.1) is 6.10 Å². The lowest BCUT2D eigenvalue weighted by molar-refractivity contribution is 0.155. The SMILES string of the molecule is CC(CC(O)c1cccs1)NC1CCSC1. The van der Waals surface area contributed by atoms with Crippen molar-refractivity contribution in [3.05, 3.63) is 22.4 Å². The average Bonchev–Trinajstić information content (AvgIpc) is 2.88. The van der Waals surface area contributed by atoms with Crippen molar-refractivity contribution in [2.24, 2.45) is 0 Å². The van der Waals surface area contributed by atoms with Gasteiger partial charge >= 0.3 is 0 Å². The van der Waals surface area contributed by atoms with Crippen LogP contribution in [0, 0.1) is 0 Å². The minimum Gasteiger partial charge on any atom is -0.388 e. The molecule has 2 nitrogen and oxygen atoms in total. The van der Waals surface area contributed by atoms with Gasteiger partial charge in [-0.1, -0.05) is 6.07 Å². The Balaban J connectivity index is 1.75. The van der Waals surface area contributed by atoms with Crippen molar-refractivity contribution in [1.82, 2.24) is 5.32 Å². The molecule has 0 aromatic carbocycles. The number of hydrogen-bond acceptors (Lipinski definition) is 4. The predicted octanol–water partition coefficient (Wildman–Crippen LogP) is 2.66. The van der Waals surface area contributed by atoms with Gasteiger partial charge in [0.1, 0.15) is 0 Å². The summed E-state index contributed by atoms with van der Waals surface area (Å²) in [5.74, 6) is 2.50. The predicted molar refractivity (Wildman–Crippen MR) is 72.2 cm³/mol. The summed E-state index contributed by atoms with van der Waals surface area (Å²) in [6, 6.07) is 5.04. The van der Waals surface area contributed by atoms with E-state index in [-0.39, 0.29) is 6.10 Å². The number of nitrogens with one attached hydrogen (secondary N) is 1. The Morgan fingerprint density at radius 3 is 3.12 bits per heavy atom. The molecule has 3 atom stereocenters. The van der Waals surface area contributed by atoms with Crippen LogP contribution in [0.5, 0.6) is 0 Å². The normalized spacial score (nSPS) is 24.5. The van der Waals surface area contributed by atoms with E-state index in [1.165, 1.54) is 17.9 Å². The van der Waals surface area contributed by atoms with Crippen molar-refractivity contribution < 1.29 is 5.11 Å². The second-order valence-corrected chi connectivity index (χ2v) is 6.52. The summed E-state index contributed by atoms with van der Waals surface area (Å²) in [6.07, 6.45) is 1.77. The first kappa shape index (κ1) is 12.4. The molecule has 90 valence electrons. The molecule has 16 heavy (non-hydrogen) atoms. The van der Waals surface area contributed by atoms with Gasteiger partial charge in [-0.15, -0.1) is 11.3 Å². The molecule has 2 N–H and O–H groups in total. The Bertz CT molecular complexity index is 296. The number of rotatable bonds is 5. The standard InChI is InChI=1S/C12H19NOS2/c1-9(13-10-4-6-15-8-10)7-11(14)12-3-2-5-16-12/h2-3,5,9-11,13-14H,4,6-8H2,1H3. The Kier molecular flexibility index (Phi) is 4.70. The Hall–Kier alpha value is -0.0300. The van der Waals surface area contributed by atoms with Gasteiger partial charge in [-0.25, -0.2) is 0 Å². The van der Waals surface area contributed by atoms with Crippen LogP contribution in [0.1, 0.15) is 30.7 Å². The van der Waals surface area contributed by atoms with Gasteiger partial charge in [0, 0.05) is 22.7 Å². The van der Waals surface area contributed by atoms with Crippen LogP contribution in [0.15, 0.2) is 17.5 Å². The molecule has 1 aliphatic rings. The summed E-state index contributed by atoms with van der Waals surface area (Å²) < 4.78 is 0. The molecule has 0 radical (unpaired) electrons. The number of hydrogen-bond donors (Lipinski definition) is 2. The molecule has 1 aliphatic heterocycles. The van der Waals surface area contributed by atoms with E-state index >= 15 is 0 Å². The molecule has 4 heteroatoms. The summed E-state index contributed by atoms with van der Waals surface area (Å²) in [4.78, 5) is 1.08. The Morgan fingerprint density at radius 2 is 2.50 bits per heavy atom. The highest BCUT2D eigenvalue weighted by atomic mass is 32.2. The van der Waals surface area contributed by atoms with Crippen LogP contribution in [0.4, 0.5) is 0 Å². The monoisotopic (exact) mass is 257 g/mol. The zero-order valence-corrected chi connectivity index (χ0v) is 11.2. The molecular formula is C12H19NOS2. The van der Waals surface area contributed by atoms with Crippen LogP contribution in [0.3, 0.4) is 0 Å². The third-order valence-corrected chi connectivity index (χ3v) is 5.03. The van der Waals surface area contributed by atoms with Gasteiger partial charge in [-0.3, -0.25) is 0 Å². The molecule has 0 bridgehead atoms. The fourth-order valence-electron chi connectivity index (χ4n) is 2.07. The van der Waals surface area contributed by atoms with E-state index in [0.29, 0.717) is 12.1 Å². The van der Waals surface area contributed by atoms with E-state index in [9.17, 15) is 5.11 Å². The summed E-state index contributed by atoms with van der Waals surface area (Å²) >= 11 is 3.65. The van der Waals surface area contributed by atoms with Gasteiger partial charge in [-0.05, 0) is 37.0 Å². The fourth-order valence-corrected chi connectivity index (χ4v) is 3.96. The van der Waals surface area contributed by atoms with Crippen LogP contribution in [-0.2, 0) is 0 Å². The maximum Gasteiger partial charge on any atom is 0.0896 e. The van der Waals surface area contributed by atoms with E-state index in [2.05, 4.69) is 12.2 Å². The highest BCUT2D eigenvalue weighted by Gasteiger charge is 2.19. The molecule has 0 amide bonds. The van der Waals surface area contributed by atoms with Crippen LogP contribution < -0.4 is 5.32 Å². The molecule has 0 saturated carbocycles. The topological polar surface area (TPSA) is 32.3 Å². The lowest BCUT2D eigenvalue weighted by Crippen LogP contribution is -2.37. The van der Waals surface area contributed by atoms with Crippen LogP contribution in [-0.4, -0.2) is 28.7 Å². The molecule has 1 aromatic rings. The number of aliphatic hydroxyl groups excluding tert-OH is 1. The molecule has 1 fully saturated rings. The fraction of sp³-hybridized carbons (Fsp3) is 0.667. The lowest BCUT2D eigenvalue weighted by atomic mass is 10.1.